The monoisotopic (exact) mass is 364 g/mol. The van der Waals surface area contributed by atoms with E-state index in [0.29, 0.717) is 12.6 Å². The Hall–Kier alpha value is -1.60. The summed E-state index contributed by atoms with van der Waals surface area (Å²) >= 11 is 0. The lowest BCUT2D eigenvalue weighted by Gasteiger charge is -2.32. The highest BCUT2D eigenvalue weighted by Crippen LogP contribution is 2.13. The van der Waals surface area contributed by atoms with Crippen LogP contribution in [0.25, 0.3) is 0 Å². The third-order valence-electron chi connectivity index (χ3n) is 5.16. The standard InChI is InChI=1S/C19H36N6O/c1-6-9-24-10-7-17(8-11-24)22-19(20-4)21-14-18-15(2)23-25(16(18)3)12-13-26-5/h17H,6-14H2,1-5H3,(H2,20,21,22). The summed E-state index contributed by atoms with van der Waals surface area (Å²) in [5, 5.41) is 11.7. The molecule has 2 heterocycles. The van der Waals surface area contributed by atoms with Crippen LogP contribution in [0.2, 0.25) is 0 Å². The second-order valence-electron chi connectivity index (χ2n) is 7.05. The fraction of sp³-hybridized carbons (Fsp3) is 0.789. The van der Waals surface area contributed by atoms with Gasteiger partial charge in [-0.05, 0) is 39.7 Å². The average molecular weight is 365 g/mol. The van der Waals surface area contributed by atoms with E-state index in [2.05, 4.69) is 46.4 Å². The van der Waals surface area contributed by atoms with Crippen LogP contribution in [0.15, 0.2) is 4.99 Å². The van der Waals surface area contributed by atoms with E-state index in [1.54, 1.807) is 7.11 Å². The van der Waals surface area contributed by atoms with Crippen LogP contribution in [-0.2, 0) is 17.8 Å². The number of hydrogen-bond acceptors (Lipinski definition) is 4. The van der Waals surface area contributed by atoms with Gasteiger partial charge >= 0.3 is 0 Å². The summed E-state index contributed by atoms with van der Waals surface area (Å²) in [5.74, 6) is 0.877. The molecule has 2 rings (SSSR count). The minimum Gasteiger partial charge on any atom is -0.383 e. The van der Waals surface area contributed by atoms with Crippen LogP contribution in [-0.4, -0.2) is 67.1 Å². The van der Waals surface area contributed by atoms with Crippen LogP contribution in [0.4, 0.5) is 0 Å². The maximum atomic E-state index is 5.16. The Kier molecular flexibility index (Phi) is 8.38. The molecule has 0 amide bonds. The molecule has 7 nitrogen and oxygen atoms in total. The van der Waals surface area contributed by atoms with Gasteiger partial charge in [-0.3, -0.25) is 9.67 Å². The molecule has 1 saturated heterocycles. The molecule has 0 aliphatic carbocycles. The molecule has 26 heavy (non-hydrogen) atoms. The smallest absolute Gasteiger partial charge is 0.191 e. The molecule has 0 atom stereocenters. The van der Waals surface area contributed by atoms with Crippen LogP contribution in [0.1, 0.15) is 43.1 Å². The van der Waals surface area contributed by atoms with E-state index >= 15 is 0 Å². The number of rotatable bonds is 8. The van der Waals surface area contributed by atoms with Crippen molar-refractivity contribution in [2.45, 2.75) is 59.2 Å². The van der Waals surface area contributed by atoms with Crippen LogP contribution >= 0.6 is 0 Å². The molecule has 1 aromatic heterocycles. The van der Waals surface area contributed by atoms with Crippen molar-refractivity contribution in [3.05, 3.63) is 17.0 Å². The van der Waals surface area contributed by atoms with Crippen molar-refractivity contribution in [3.8, 4) is 0 Å². The lowest BCUT2D eigenvalue weighted by atomic mass is 10.1. The molecule has 0 aromatic carbocycles. The predicted octanol–water partition coefficient (Wildman–Crippen LogP) is 1.69. The highest BCUT2D eigenvalue weighted by molar-refractivity contribution is 5.80. The van der Waals surface area contributed by atoms with Gasteiger partial charge in [0.1, 0.15) is 0 Å². The van der Waals surface area contributed by atoms with Crippen LogP contribution < -0.4 is 10.6 Å². The first kappa shape index (κ1) is 20.7. The van der Waals surface area contributed by atoms with Gasteiger partial charge in [-0.15, -0.1) is 0 Å². The van der Waals surface area contributed by atoms with Gasteiger partial charge in [0, 0.05) is 51.1 Å². The normalized spacial score (nSPS) is 16.9. The molecule has 1 fully saturated rings. The van der Waals surface area contributed by atoms with Gasteiger partial charge in [-0.2, -0.15) is 5.10 Å². The Morgan fingerprint density at radius 2 is 2.00 bits per heavy atom. The minimum atomic E-state index is 0.501. The summed E-state index contributed by atoms with van der Waals surface area (Å²) in [7, 11) is 3.56. The Labute approximate surface area is 158 Å². The molecular weight excluding hydrogens is 328 g/mol. The molecule has 7 heteroatoms. The predicted molar refractivity (Wildman–Crippen MR) is 107 cm³/mol. The largest absolute Gasteiger partial charge is 0.383 e. The average Bonchev–Trinajstić information content (AvgIpc) is 2.92. The second kappa shape index (κ2) is 10.5. The zero-order valence-corrected chi connectivity index (χ0v) is 17.1. The number of aliphatic imine (C=N–C) groups is 1. The molecule has 2 N–H and O–H groups in total. The third kappa shape index (κ3) is 5.71. The quantitative estimate of drug-likeness (QED) is 0.543. The number of likely N-dealkylation sites (tertiary alicyclic amines) is 1. The van der Waals surface area contributed by atoms with Crippen molar-refractivity contribution in [1.29, 1.82) is 0 Å². The molecule has 0 unspecified atom stereocenters. The summed E-state index contributed by atoms with van der Waals surface area (Å²) in [6, 6.07) is 0.501. The fourth-order valence-electron chi connectivity index (χ4n) is 3.56. The van der Waals surface area contributed by atoms with Gasteiger partial charge in [0.25, 0.3) is 0 Å². The summed E-state index contributed by atoms with van der Waals surface area (Å²) < 4.78 is 7.19. The Morgan fingerprint density at radius 3 is 2.62 bits per heavy atom. The topological polar surface area (TPSA) is 66.7 Å². The highest BCUT2D eigenvalue weighted by Gasteiger charge is 2.19. The van der Waals surface area contributed by atoms with Crippen molar-refractivity contribution < 1.29 is 4.74 Å². The Balaban J connectivity index is 1.85. The number of hydrogen-bond donors (Lipinski definition) is 2. The number of guanidine groups is 1. The van der Waals surface area contributed by atoms with Crippen molar-refractivity contribution in [2.24, 2.45) is 4.99 Å². The van der Waals surface area contributed by atoms with Crippen molar-refractivity contribution in [2.75, 3.05) is 40.4 Å². The van der Waals surface area contributed by atoms with Crippen LogP contribution in [0.5, 0.6) is 0 Å². The molecule has 0 saturated carbocycles. The molecule has 0 bridgehead atoms. The lowest BCUT2D eigenvalue weighted by molar-refractivity contribution is 0.182. The summed E-state index contributed by atoms with van der Waals surface area (Å²) in [6.45, 7) is 12.2. The third-order valence-corrected chi connectivity index (χ3v) is 5.16. The van der Waals surface area contributed by atoms with Gasteiger partial charge in [0.15, 0.2) is 5.96 Å². The number of methoxy groups -OCH3 is 1. The minimum absolute atomic E-state index is 0.501. The number of nitrogens with zero attached hydrogens (tertiary/aromatic N) is 4. The number of piperidine rings is 1. The number of ether oxygens (including phenoxy) is 1. The number of nitrogens with one attached hydrogen (secondary N) is 2. The van der Waals surface area contributed by atoms with E-state index in [1.165, 1.54) is 50.2 Å². The van der Waals surface area contributed by atoms with E-state index < -0.39 is 0 Å². The maximum Gasteiger partial charge on any atom is 0.191 e. The molecule has 1 aliphatic heterocycles. The molecule has 148 valence electrons. The fourth-order valence-corrected chi connectivity index (χ4v) is 3.56. The maximum absolute atomic E-state index is 5.16. The molecule has 1 aromatic rings. The van der Waals surface area contributed by atoms with E-state index in [1.807, 2.05) is 11.7 Å². The van der Waals surface area contributed by atoms with Crippen molar-refractivity contribution >= 4 is 5.96 Å². The Bertz CT molecular complexity index is 575. The van der Waals surface area contributed by atoms with Crippen LogP contribution in [0, 0.1) is 13.8 Å². The summed E-state index contributed by atoms with van der Waals surface area (Å²) in [5.41, 5.74) is 3.49. The van der Waals surface area contributed by atoms with Gasteiger partial charge in [0.2, 0.25) is 0 Å². The van der Waals surface area contributed by atoms with Gasteiger partial charge in [-0.25, -0.2) is 0 Å². The van der Waals surface area contributed by atoms with Crippen molar-refractivity contribution in [3.63, 3.8) is 0 Å². The molecule has 0 spiro atoms. The summed E-state index contributed by atoms with van der Waals surface area (Å²) in [4.78, 5) is 6.95. The number of aryl methyl sites for hydroxylation is 1. The zero-order chi connectivity index (χ0) is 18.9. The highest BCUT2D eigenvalue weighted by atomic mass is 16.5. The molecule has 0 radical (unpaired) electrons. The number of aromatic nitrogens is 2. The summed E-state index contributed by atoms with van der Waals surface area (Å²) in [6.07, 6.45) is 3.58. The zero-order valence-electron chi connectivity index (χ0n) is 17.1. The van der Waals surface area contributed by atoms with Crippen molar-refractivity contribution in [1.82, 2.24) is 25.3 Å². The second-order valence-corrected chi connectivity index (χ2v) is 7.05. The first-order valence-electron chi connectivity index (χ1n) is 9.80. The lowest BCUT2D eigenvalue weighted by Crippen LogP contribution is -2.48. The van der Waals surface area contributed by atoms with E-state index in [4.69, 9.17) is 4.74 Å². The first-order chi connectivity index (χ1) is 12.6. The van der Waals surface area contributed by atoms with Gasteiger partial charge in [-0.1, -0.05) is 6.92 Å². The first-order valence-corrected chi connectivity index (χ1v) is 9.80. The van der Waals surface area contributed by atoms with Crippen LogP contribution in [0.3, 0.4) is 0 Å². The van der Waals surface area contributed by atoms with Gasteiger partial charge < -0.3 is 20.3 Å². The molecule has 1 aliphatic rings. The van der Waals surface area contributed by atoms with E-state index in [0.717, 1.165) is 24.7 Å². The van der Waals surface area contributed by atoms with E-state index in [-0.39, 0.29) is 0 Å². The Morgan fingerprint density at radius 1 is 1.27 bits per heavy atom. The molecular formula is C19H36N6O. The SMILES string of the molecule is CCCN1CCC(NC(=NC)NCc2c(C)nn(CCOC)c2C)CC1. The van der Waals surface area contributed by atoms with E-state index in [9.17, 15) is 0 Å². The van der Waals surface area contributed by atoms with Gasteiger partial charge in [0.05, 0.1) is 18.8 Å².